The first-order valence-electron chi connectivity index (χ1n) is 6.44. The smallest absolute Gasteiger partial charge is 0.113 e. The van der Waals surface area contributed by atoms with Gasteiger partial charge in [0.2, 0.25) is 0 Å². The number of hydrogen-bond acceptors (Lipinski definition) is 2. The first-order chi connectivity index (χ1) is 9.36. The summed E-state index contributed by atoms with van der Waals surface area (Å²) in [5.41, 5.74) is 4.34. The van der Waals surface area contributed by atoms with Crippen molar-refractivity contribution >= 4 is 0 Å². The van der Waals surface area contributed by atoms with Crippen LogP contribution in [0.25, 0.3) is 16.9 Å². The molecular weight excluding hydrogens is 234 g/mol. The Balaban J connectivity index is 1.92. The van der Waals surface area contributed by atoms with E-state index in [-0.39, 0.29) is 0 Å². The molecule has 0 saturated carbocycles. The number of aryl methyl sites for hydroxylation is 1. The van der Waals surface area contributed by atoms with Gasteiger partial charge in [-0.25, -0.2) is 4.68 Å². The van der Waals surface area contributed by atoms with Crippen molar-refractivity contribution in [3.8, 4) is 16.9 Å². The summed E-state index contributed by atoms with van der Waals surface area (Å²) < 4.78 is 1.79. The van der Waals surface area contributed by atoms with Crippen molar-refractivity contribution in [2.24, 2.45) is 0 Å². The lowest BCUT2D eigenvalue weighted by Crippen LogP contribution is -1.93. The number of aromatic nitrogens is 3. The highest BCUT2D eigenvalue weighted by Crippen LogP contribution is 2.18. The molecule has 94 valence electrons. The summed E-state index contributed by atoms with van der Waals surface area (Å²) in [5, 5.41) is 8.40. The van der Waals surface area contributed by atoms with Crippen molar-refractivity contribution in [1.29, 1.82) is 0 Å². The third-order valence-electron chi connectivity index (χ3n) is 3.17. The summed E-state index contributed by atoms with van der Waals surface area (Å²) in [6.45, 7) is 2.15. The average molecular weight is 249 g/mol. The van der Waals surface area contributed by atoms with Crippen molar-refractivity contribution in [2.45, 2.75) is 13.3 Å². The largest absolute Gasteiger partial charge is 0.220 e. The fourth-order valence-electron chi connectivity index (χ4n) is 2.01. The Hall–Kier alpha value is -2.42. The molecule has 3 rings (SSSR count). The van der Waals surface area contributed by atoms with Gasteiger partial charge in [0.15, 0.2) is 0 Å². The number of hydrogen-bond donors (Lipinski definition) is 0. The molecule has 1 aromatic heterocycles. The van der Waals surface area contributed by atoms with E-state index < -0.39 is 0 Å². The zero-order chi connectivity index (χ0) is 13.1. The molecule has 0 aliphatic heterocycles. The molecule has 0 fully saturated rings. The van der Waals surface area contributed by atoms with Gasteiger partial charge in [-0.05, 0) is 24.1 Å². The van der Waals surface area contributed by atoms with Crippen molar-refractivity contribution in [3.05, 3.63) is 66.4 Å². The van der Waals surface area contributed by atoms with Gasteiger partial charge in [-0.2, -0.15) is 0 Å². The lowest BCUT2D eigenvalue weighted by molar-refractivity contribution is 0.804. The number of rotatable bonds is 3. The maximum absolute atomic E-state index is 4.23. The minimum atomic E-state index is 0.895. The molecule has 0 atom stereocenters. The Bertz CT molecular complexity index is 654. The van der Waals surface area contributed by atoms with Crippen LogP contribution < -0.4 is 0 Å². The maximum Gasteiger partial charge on any atom is 0.113 e. The average Bonchev–Trinajstić information content (AvgIpc) is 2.98. The predicted molar refractivity (Wildman–Crippen MR) is 76.2 cm³/mol. The van der Waals surface area contributed by atoms with E-state index in [1.807, 2.05) is 36.5 Å². The van der Waals surface area contributed by atoms with Crippen LogP contribution in [0.1, 0.15) is 12.5 Å². The zero-order valence-corrected chi connectivity index (χ0v) is 10.8. The molecule has 0 aliphatic carbocycles. The van der Waals surface area contributed by atoms with E-state index in [0.717, 1.165) is 23.4 Å². The van der Waals surface area contributed by atoms with Gasteiger partial charge in [0.1, 0.15) is 5.69 Å². The van der Waals surface area contributed by atoms with Gasteiger partial charge in [0, 0.05) is 5.56 Å². The molecule has 1 heterocycles. The van der Waals surface area contributed by atoms with Gasteiger partial charge in [-0.1, -0.05) is 54.6 Å². The summed E-state index contributed by atoms with van der Waals surface area (Å²) in [7, 11) is 0. The summed E-state index contributed by atoms with van der Waals surface area (Å²) in [6.07, 6.45) is 3.01. The molecule has 0 N–H and O–H groups in total. The van der Waals surface area contributed by atoms with E-state index >= 15 is 0 Å². The Morgan fingerprint density at radius 1 is 0.947 bits per heavy atom. The van der Waals surface area contributed by atoms with Gasteiger partial charge in [0.25, 0.3) is 0 Å². The fourth-order valence-corrected chi connectivity index (χ4v) is 2.01. The van der Waals surface area contributed by atoms with Crippen molar-refractivity contribution in [2.75, 3.05) is 0 Å². The molecule has 0 bridgehead atoms. The fraction of sp³-hybridized carbons (Fsp3) is 0.125. The van der Waals surface area contributed by atoms with Crippen LogP contribution in [-0.4, -0.2) is 15.0 Å². The van der Waals surface area contributed by atoms with Crippen LogP contribution >= 0.6 is 0 Å². The van der Waals surface area contributed by atoms with Gasteiger partial charge >= 0.3 is 0 Å². The molecule has 0 radical (unpaired) electrons. The molecule has 2 aromatic carbocycles. The molecule has 0 amide bonds. The van der Waals surface area contributed by atoms with Gasteiger partial charge in [-0.15, -0.1) is 5.10 Å². The molecule has 0 spiro atoms. The highest BCUT2D eigenvalue weighted by atomic mass is 15.4. The zero-order valence-electron chi connectivity index (χ0n) is 10.8. The monoisotopic (exact) mass is 249 g/mol. The second-order valence-electron chi connectivity index (χ2n) is 4.43. The molecule has 3 aromatic rings. The lowest BCUT2D eigenvalue weighted by Gasteiger charge is -1.99. The summed E-state index contributed by atoms with van der Waals surface area (Å²) in [6, 6.07) is 18.5. The standard InChI is InChI=1S/C16H15N3/c1-2-13-8-10-14(11-9-13)16-12-19(18-17-16)15-6-4-3-5-7-15/h3-12H,2H2,1H3. The first-order valence-corrected chi connectivity index (χ1v) is 6.44. The van der Waals surface area contributed by atoms with E-state index in [4.69, 9.17) is 0 Å². The summed E-state index contributed by atoms with van der Waals surface area (Å²) >= 11 is 0. The van der Waals surface area contributed by atoms with Crippen LogP contribution in [0, 0.1) is 0 Å². The van der Waals surface area contributed by atoms with Crippen LogP contribution in [0.2, 0.25) is 0 Å². The third-order valence-corrected chi connectivity index (χ3v) is 3.17. The second-order valence-corrected chi connectivity index (χ2v) is 4.43. The SMILES string of the molecule is CCc1ccc(-c2cn(-c3ccccc3)nn2)cc1. The number of para-hydroxylation sites is 1. The highest BCUT2D eigenvalue weighted by Gasteiger charge is 2.04. The van der Waals surface area contributed by atoms with Crippen molar-refractivity contribution < 1.29 is 0 Å². The van der Waals surface area contributed by atoms with E-state index in [0.29, 0.717) is 0 Å². The van der Waals surface area contributed by atoms with Gasteiger partial charge < -0.3 is 0 Å². The Labute approximate surface area is 112 Å². The molecular formula is C16H15N3. The predicted octanol–water partition coefficient (Wildman–Crippen LogP) is 3.50. The molecule has 3 nitrogen and oxygen atoms in total. The van der Waals surface area contributed by atoms with Crippen LogP contribution in [-0.2, 0) is 6.42 Å². The second kappa shape index (κ2) is 5.06. The van der Waals surface area contributed by atoms with E-state index in [9.17, 15) is 0 Å². The van der Waals surface area contributed by atoms with Crippen LogP contribution in [0.4, 0.5) is 0 Å². The maximum atomic E-state index is 4.23. The van der Waals surface area contributed by atoms with Crippen LogP contribution in [0.15, 0.2) is 60.8 Å². The van der Waals surface area contributed by atoms with E-state index in [2.05, 4.69) is 41.5 Å². The molecule has 0 unspecified atom stereocenters. The minimum Gasteiger partial charge on any atom is -0.220 e. The summed E-state index contributed by atoms with van der Waals surface area (Å²) in [5.74, 6) is 0. The Morgan fingerprint density at radius 3 is 2.37 bits per heavy atom. The van der Waals surface area contributed by atoms with E-state index in [1.54, 1.807) is 4.68 Å². The summed E-state index contributed by atoms with van der Waals surface area (Å²) in [4.78, 5) is 0. The molecule has 0 aliphatic rings. The van der Waals surface area contributed by atoms with Crippen LogP contribution in [0.5, 0.6) is 0 Å². The number of benzene rings is 2. The lowest BCUT2D eigenvalue weighted by atomic mass is 10.1. The molecule has 0 saturated heterocycles. The first kappa shape index (κ1) is 11.7. The highest BCUT2D eigenvalue weighted by molar-refractivity contribution is 5.58. The van der Waals surface area contributed by atoms with Gasteiger partial charge in [0.05, 0.1) is 11.9 Å². The van der Waals surface area contributed by atoms with E-state index in [1.165, 1.54) is 5.56 Å². The molecule has 3 heteroatoms. The third kappa shape index (κ3) is 2.40. The topological polar surface area (TPSA) is 30.7 Å². The minimum absolute atomic E-state index is 0.895. The normalized spacial score (nSPS) is 10.6. The van der Waals surface area contributed by atoms with Crippen LogP contribution in [0.3, 0.4) is 0 Å². The van der Waals surface area contributed by atoms with Crippen molar-refractivity contribution in [3.63, 3.8) is 0 Å². The quantitative estimate of drug-likeness (QED) is 0.711. The number of nitrogens with zero attached hydrogens (tertiary/aromatic N) is 3. The Morgan fingerprint density at radius 2 is 1.68 bits per heavy atom. The van der Waals surface area contributed by atoms with Gasteiger partial charge in [-0.3, -0.25) is 0 Å². The Kier molecular flexibility index (Phi) is 3.11. The van der Waals surface area contributed by atoms with Crippen molar-refractivity contribution in [1.82, 2.24) is 15.0 Å². The molecule has 19 heavy (non-hydrogen) atoms.